The molecule has 0 fully saturated rings. The molecule has 0 atom stereocenters. The molecule has 0 radical (unpaired) electrons. The third-order valence-electron chi connectivity index (χ3n) is 12.0. The summed E-state index contributed by atoms with van der Waals surface area (Å²) in [6.07, 6.45) is 6.92. The molecule has 75 heavy (non-hydrogen) atoms. The Morgan fingerprint density at radius 3 is 1.68 bits per heavy atom. The Labute approximate surface area is 435 Å². The number of carbonyl (C=O) groups excluding carboxylic acids is 2. The number of ether oxygens (including phenoxy) is 2. The normalized spacial score (nSPS) is 10.4. The van der Waals surface area contributed by atoms with E-state index < -0.39 is 0 Å². The van der Waals surface area contributed by atoms with E-state index in [1.807, 2.05) is 149 Å². The molecule has 15 nitrogen and oxygen atoms in total. The van der Waals surface area contributed by atoms with Gasteiger partial charge in [-0.25, -0.2) is 24.9 Å². The smallest absolute Gasteiger partial charge is 0.302 e. The quantitative estimate of drug-likeness (QED) is 0.0879. The first-order valence-corrected chi connectivity index (χ1v) is 24.2. The summed E-state index contributed by atoms with van der Waals surface area (Å²) in [5.74, 6) is 12.3. The summed E-state index contributed by atoms with van der Waals surface area (Å²) < 4.78 is 11.4. The summed E-state index contributed by atoms with van der Waals surface area (Å²) in [6, 6.07) is 38.3. The Morgan fingerprint density at radius 1 is 0.640 bits per heavy atom. The van der Waals surface area contributed by atoms with Gasteiger partial charge in [0.15, 0.2) is 0 Å². The number of anilines is 6. The minimum atomic E-state index is -0.248. The van der Waals surface area contributed by atoms with Crippen LogP contribution in [0.25, 0.3) is 44.1 Å². The minimum absolute atomic E-state index is 0.127. The van der Waals surface area contributed by atoms with Crippen molar-refractivity contribution in [3.8, 4) is 57.6 Å². The zero-order valence-corrected chi connectivity index (χ0v) is 42.6. The van der Waals surface area contributed by atoms with Crippen molar-refractivity contribution < 1.29 is 19.1 Å². The number of aryl methyl sites for hydroxylation is 2. The number of aromatic nitrogens is 6. The van der Waals surface area contributed by atoms with Crippen LogP contribution in [-0.4, -0.2) is 61.9 Å². The lowest BCUT2D eigenvalue weighted by atomic mass is 10.0. The largest absolute Gasteiger partial charge is 0.497 e. The zero-order chi connectivity index (χ0) is 52.8. The summed E-state index contributed by atoms with van der Waals surface area (Å²) >= 11 is 0. The molecule has 2 amide bonds. The standard InChI is InChI=1S/C34H31N5O3.C26H23N5O2/c1-5-8-31(40)39(6-2)28-10-7-9-27(20-28)37-34-36-21-26-19-25(13-16-30(26)38-34)32-23(3)17-18-35-33(32)42-22-24-11-14-29(41-4)15-12-24;1-4-7-23(32)31(5-2)21-9-6-8-20(15-21)29-26-28-16-19-14-18(10-11-22(19)30-26)24-17(3)12-13-27-25(24)33/h7,9-21H,6,22H2,1-4H3,(H,36,37,38);6,8-16H,5H2,1-3H3,(H,27,33)(H,28,29,30). The van der Waals surface area contributed by atoms with Gasteiger partial charge in [0.05, 0.1) is 18.1 Å². The number of aromatic amines is 1. The van der Waals surface area contributed by atoms with Gasteiger partial charge in [-0.1, -0.05) is 48.2 Å². The first-order chi connectivity index (χ1) is 36.5. The number of fused-ring (bicyclic) bond motifs is 2. The van der Waals surface area contributed by atoms with Gasteiger partial charge in [0.2, 0.25) is 17.8 Å². The number of rotatable bonds is 14. The van der Waals surface area contributed by atoms with Crippen molar-refractivity contribution in [3.63, 3.8) is 0 Å². The van der Waals surface area contributed by atoms with E-state index >= 15 is 0 Å². The molecule has 0 aliphatic heterocycles. The fourth-order valence-electron chi connectivity index (χ4n) is 8.30. The fourth-order valence-corrected chi connectivity index (χ4v) is 8.30. The molecule has 0 aliphatic rings. The highest BCUT2D eigenvalue weighted by Crippen LogP contribution is 2.34. The molecule has 0 aliphatic carbocycles. The van der Waals surface area contributed by atoms with Crippen LogP contribution in [0.15, 0.2) is 151 Å². The number of methoxy groups -OCH3 is 1. The monoisotopic (exact) mass is 994 g/mol. The van der Waals surface area contributed by atoms with E-state index in [9.17, 15) is 14.4 Å². The second-order valence-electron chi connectivity index (χ2n) is 16.9. The average Bonchev–Trinajstić information content (AvgIpc) is 3.41. The van der Waals surface area contributed by atoms with Crippen molar-refractivity contribution in [1.29, 1.82) is 0 Å². The van der Waals surface area contributed by atoms with Gasteiger partial charge in [-0.3, -0.25) is 14.4 Å². The Hall–Kier alpha value is -9.86. The molecule has 374 valence electrons. The maximum Gasteiger partial charge on any atom is 0.302 e. The third-order valence-corrected chi connectivity index (χ3v) is 12.0. The summed E-state index contributed by atoms with van der Waals surface area (Å²) in [5.41, 5.74) is 10.8. The molecule has 0 saturated carbocycles. The highest BCUT2D eigenvalue weighted by Gasteiger charge is 2.16. The first-order valence-electron chi connectivity index (χ1n) is 24.2. The fraction of sp³-hybridized carbons (Fsp3) is 0.167. The molecular weight excluding hydrogens is 941 g/mol. The molecule has 0 saturated heterocycles. The Morgan fingerprint density at radius 2 is 1.17 bits per heavy atom. The van der Waals surface area contributed by atoms with Crippen LogP contribution in [0.3, 0.4) is 0 Å². The number of H-pyrrole nitrogens is 1. The van der Waals surface area contributed by atoms with Crippen LogP contribution in [0.1, 0.15) is 44.4 Å². The molecule has 3 N–H and O–H groups in total. The molecule has 0 bridgehead atoms. The van der Waals surface area contributed by atoms with Gasteiger partial charge in [-0.05, 0) is 166 Å². The van der Waals surface area contributed by atoms with Crippen molar-refractivity contribution in [3.05, 3.63) is 173 Å². The lowest BCUT2D eigenvalue weighted by molar-refractivity contribution is -0.114. The maximum atomic E-state index is 12.4. The molecule has 0 spiro atoms. The molecular formula is C60H54N10O5. The van der Waals surface area contributed by atoms with Crippen LogP contribution in [0.4, 0.5) is 34.6 Å². The van der Waals surface area contributed by atoms with E-state index in [1.54, 1.807) is 55.5 Å². The number of nitrogens with zero attached hydrogens (tertiary/aromatic N) is 7. The minimum Gasteiger partial charge on any atom is -0.497 e. The molecule has 0 unspecified atom stereocenters. The Bertz CT molecular complexity index is 3740. The first kappa shape index (κ1) is 51.5. The molecule has 9 aromatic rings. The van der Waals surface area contributed by atoms with Gasteiger partial charge in [-0.2, -0.15) is 0 Å². The number of hydrogen-bond donors (Lipinski definition) is 3. The maximum absolute atomic E-state index is 12.4. The predicted octanol–water partition coefficient (Wildman–Crippen LogP) is 11.1. The summed E-state index contributed by atoms with van der Waals surface area (Å²) in [6.45, 7) is 12.5. The summed E-state index contributed by atoms with van der Waals surface area (Å²) in [4.78, 5) is 65.7. The van der Waals surface area contributed by atoms with E-state index in [4.69, 9.17) is 14.5 Å². The zero-order valence-electron chi connectivity index (χ0n) is 42.6. The predicted molar refractivity (Wildman–Crippen MR) is 298 cm³/mol. The van der Waals surface area contributed by atoms with Gasteiger partial charge in [0.25, 0.3) is 5.56 Å². The topological polar surface area (TPSA) is 180 Å². The van der Waals surface area contributed by atoms with Gasteiger partial charge in [0.1, 0.15) is 12.4 Å². The van der Waals surface area contributed by atoms with Crippen LogP contribution in [-0.2, 0) is 16.2 Å². The van der Waals surface area contributed by atoms with Crippen LogP contribution < -0.4 is 35.5 Å². The van der Waals surface area contributed by atoms with E-state index in [-0.39, 0.29) is 17.4 Å². The van der Waals surface area contributed by atoms with Crippen molar-refractivity contribution in [2.75, 3.05) is 40.6 Å². The van der Waals surface area contributed by atoms with Gasteiger partial charge in [-0.15, -0.1) is 0 Å². The van der Waals surface area contributed by atoms with Crippen LogP contribution in [0.5, 0.6) is 11.6 Å². The number of benzene rings is 5. The summed E-state index contributed by atoms with van der Waals surface area (Å²) in [5, 5.41) is 8.17. The lowest BCUT2D eigenvalue weighted by Gasteiger charge is -2.19. The SMILES string of the molecule is CC#CC(=O)N(CC)c1cccc(Nc2ncc3cc(-c4c(C)cc[nH]c4=O)ccc3n2)c1.CC#CC(=O)N(CC)c1cccc(Nc2ncc3cc(-c4c(C)ccnc4OCc4ccc(OC)cc4)ccc3n2)c1. The highest BCUT2D eigenvalue weighted by atomic mass is 16.5. The number of hydrogen-bond acceptors (Lipinski definition) is 12. The van der Waals surface area contributed by atoms with E-state index in [1.165, 1.54) is 0 Å². The van der Waals surface area contributed by atoms with Crippen LogP contribution >= 0.6 is 0 Å². The van der Waals surface area contributed by atoms with Crippen LogP contribution in [0.2, 0.25) is 0 Å². The molecule has 9 rings (SSSR count). The third kappa shape index (κ3) is 12.4. The van der Waals surface area contributed by atoms with E-state index in [2.05, 4.69) is 59.2 Å². The molecule has 4 aromatic heterocycles. The van der Waals surface area contributed by atoms with Crippen molar-refractivity contribution >= 4 is 68.3 Å². The van der Waals surface area contributed by atoms with Crippen molar-refractivity contribution in [2.45, 2.75) is 48.1 Å². The van der Waals surface area contributed by atoms with Gasteiger partial charge >= 0.3 is 11.8 Å². The van der Waals surface area contributed by atoms with E-state index in [0.717, 1.165) is 83.7 Å². The highest BCUT2D eigenvalue weighted by molar-refractivity contribution is 6.06. The Balaban J connectivity index is 0.000000205. The summed E-state index contributed by atoms with van der Waals surface area (Å²) in [7, 11) is 1.65. The van der Waals surface area contributed by atoms with Crippen molar-refractivity contribution in [1.82, 2.24) is 29.9 Å². The number of nitrogens with one attached hydrogen (secondary N) is 3. The second-order valence-corrected chi connectivity index (χ2v) is 16.9. The molecule has 15 heteroatoms. The molecule has 4 heterocycles. The van der Waals surface area contributed by atoms with Gasteiger partial charge in [0, 0.05) is 82.5 Å². The second kappa shape index (κ2) is 24.0. The van der Waals surface area contributed by atoms with E-state index in [0.29, 0.717) is 43.0 Å². The van der Waals surface area contributed by atoms with Crippen molar-refractivity contribution in [2.24, 2.45) is 0 Å². The van der Waals surface area contributed by atoms with Gasteiger partial charge < -0.3 is 34.9 Å². The lowest BCUT2D eigenvalue weighted by Crippen LogP contribution is -2.29. The Kier molecular flexibility index (Phi) is 16.5. The van der Waals surface area contributed by atoms with Crippen LogP contribution in [0, 0.1) is 37.5 Å². The number of amides is 2. The molecule has 5 aromatic carbocycles. The number of carbonyl (C=O) groups is 2. The average molecular weight is 995 g/mol. The number of pyridine rings is 2.